The van der Waals surface area contributed by atoms with E-state index in [1.165, 1.54) is 34.4 Å². The molecule has 2 aromatic carbocycles. The minimum atomic E-state index is -0.227. The number of aldehydes is 1. The van der Waals surface area contributed by atoms with Gasteiger partial charge in [0, 0.05) is 16.1 Å². The monoisotopic (exact) mass is 400 g/mol. The zero-order valence-corrected chi connectivity index (χ0v) is 18.3. The van der Waals surface area contributed by atoms with Crippen LogP contribution in [0.15, 0.2) is 47.4 Å². The van der Waals surface area contributed by atoms with E-state index >= 15 is 0 Å². The van der Waals surface area contributed by atoms with Crippen LogP contribution in [0.4, 0.5) is 4.39 Å². The van der Waals surface area contributed by atoms with E-state index in [0.29, 0.717) is 0 Å². The van der Waals surface area contributed by atoms with Crippen molar-refractivity contribution in [3.8, 4) is 0 Å². The smallest absolute Gasteiger partial charge is 0.126 e. The normalized spacial score (nSPS) is 11.6. The maximum Gasteiger partial charge on any atom is 0.126 e. The van der Waals surface area contributed by atoms with Crippen molar-refractivity contribution in [2.75, 3.05) is 5.75 Å². The summed E-state index contributed by atoms with van der Waals surface area (Å²) in [5.74, 6) is 0.626. The first-order valence-corrected chi connectivity index (χ1v) is 11.4. The van der Waals surface area contributed by atoms with Crippen LogP contribution in [0.1, 0.15) is 69.1 Å². The molecule has 0 atom stereocenters. The molecular formula is C25H33FOS. The fourth-order valence-corrected chi connectivity index (χ4v) is 4.79. The molecule has 0 aromatic heterocycles. The number of carbonyl (C=O) groups is 1. The van der Waals surface area contributed by atoms with Crippen LogP contribution in [0.5, 0.6) is 0 Å². The Balaban J connectivity index is 2.18. The van der Waals surface area contributed by atoms with Crippen molar-refractivity contribution in [1.29, 1.82) is 0 Å². The van der Waals surface area contributed by atoms with E-state index in [-0.39, 0.29) is 11.2 Å². The van der Waals surface area contributed by atoms with Crippen molar-refractivity contribution >= 4 is 18.0 Å². The molecule has 152 valence electrons. The highest BCUT2D eigenvalue weighted by molar-refractivity contribution is 7.99. The summed E-state index contributed by atoms with van der Waals surface area (Å²) in [6.45, 7) is 6.47. The Hall–Kier alpha value is -1.61. The quantitative estimate of drug-likeness (QED) is 0.273. The minimum absolute atomic E-state index is 0.204. The summed E-state index contributed by atoms with van der Waals surface area (Å²) in [5, 5.41) is 0. The Bertz CT molecular complexity index is 731. The molecule has 0 aliphatic rings. The molecule has 0 radical (unpaired) electrons. The minimum Gasteiger partial charge on any atom is -0.303 e. The van der Waals surface area contributed by atoms with Crippen LogP contribution in [-0.2, 0) is 11.2 Å². The molecule has 0 saturated carbocycles. The molecule has 0 saturated heterocycles. The third-order valence-electron chi connectivity index (χ3n) is 5.35. The lowest BCUT2D eigenvalue weighted by Gasteiger charge is -2.28. The Morgan fingerprint density at radius 1 is 1.00 bits per heavy atom. The van der Waals surface area contributed by atoms with E-state index in [1.54, 1.807) is 11.8 Å². The molecule has 0 aliphatic heterocycles. The van der Waals surface area contributed by atoms with Gasteiger partial charge >= 0.3 is 0 Å². The average molecular weight is 401 g/mol. The number of rotatable bonds is 12. The van der Waals surface area contributed by atoms with Gasteiger partial charge in [0.05, 0.1) is 0 Å². The average Bonchev–Trinajstić information content (AvgIpc) is 2.70. The zero-order valence-electron chi connectivity index (χ0n) is 17.5. The largest absolute Gasteiger partial charge is 0.303 e. The van der Waals surface area contributed by atoms with E-state index < -0.39 is 0 Å². The molecule has 0 unspecified atom stereocenters. The van der Waals surface area contributed by atoms with Crippen molar-refractivity contribution < 1.29 is 9.18 Å². The van der Waals surface area contributed by atoms with E-state index in [1.807, 2.05) is 12.1 Å². The Labute approximate surface area is 174 Å². The van der Waals surface area contributed by atoms with Gasteiger partial charge in [0.15, 0.2) is 0 Å². The predicted molar refractivity (Wildman–Crippen MR) is 119 cm³/mol. The zero-order chi connectivity index (χ0) is 20.4. The highest BCUT2D eigenvalue weighted by Crippen LogP contribution is 2.37. The Morgan fingerprint density at radius 2 is 1.64 bits per heavy atom. The summed E-state index contributed by atoms with van der Waals surface area (Å²) in [7, 11) is 0. The highest BCUT2D eigenvalue weighted by Gasteiger charge is 2.29. The molecule has 0 heterocycles. The highest BCUT2D eigenvalue weighted by atomic mass is 32.2. The SMILES string of the molecule is CCCCC(C=O)(CCCC)CSc1ccc(C)cc1Cc1ccc(F)cc1. The van der Waals surface area contributed by atoms with Crippen LogP contribution < -0.4 is 0 Å². The van der Waals surface area contributed by atoms with Gasteiger partial charge in [-0.2, -0.15) is 0 Å². The lowest BCUT2D eigenvalue weighted by molar-refractivity contribution is -0.116. The standard InChI is InChI=1S/C25H33FOS/c1-4-6-14-25(18-27,15-7-5-2)19-28-24-13-8-20(3)16-22(24)17-21-9-11-23(26)12-10-21/h8-13,16,18H,4-7,14-15,17,19H2,1-3H3. The summed E-state index contributed by atoms with van der Waals surface area (Å²) in [6.07, 6.45) is 8.37. The van der Waals surface area contributed by atoms with Gasteiger partial charge in [-0.3, -0.25) is 0 Å². The number of benzene rings is 2. The van der Waals surface area contributed by atoms with Gasteiger partial charge in [-0.15, -0.1) is 11.8 Å². The van der Waals surface area contributed by atoms with E-state index in [0.717, 1.165) is 56.3 Å². The van der Waals surface area contributed by atoms with Gasteiger partial charge in [0.1, 0.15) is 12.1 Å². The van der Waals surface area contributed by atoms with Crippen LogP contribution in [0.2, 0.25) is 0 Å². The number of halogens is 1. The van der Waals surface area contributed by atoms with Gasteiger partial charge < -0.3 is 4.79 Å². The number of carbonyl (C=O) groups excluding carboxylic acids is 1. The Kier molecular flexibility index (Phi) is 9.24. The number of aryl methyl sites for hydroxylation is 1. The molecule has 0 bridgehead atoms. The van der Waals surface area contributed by atoms with Crippen molar-refractivity contribution in [2.45, 2.75) is 70.6 Å². The summed E-state index contributed by atoms with van der Waals surface area (Å²) >= 11 is 1.81. The van der Waals surface area contributed by atoms with Crippen molar-refractivity contribution in [3.63, 3.8) is 0 Å². The van der Waals surface area contributed by atoms with Crippen LogP contribution >= 0.6 is 11.8 Å². The molecule has 1 nitrogen and oxygen atoms in total. The van der Waals surface area contributed by atoms with E-state index in [9.17, 15) is 9.18 Å². The van der Waals surface area contributed by atoms with Crippen LogP contribution in [0.3, 0.4) is 0 Å². The molecule has 0 N–H and O–H groups in total. The molecule has 0 amide bonds. The maximum atomic E-state index is 13.2. The summed E-state index contributed by atoms with van der Waals surface area (Å²) in [5.41, 5.74) is 3.35. The molecular weight excluding hydrogens is 367 g/mol. The van der Waals surface area contributed by atoms with Gasteiger partial charge in [0.2, 0.25) is 0 Å². The molecule has 0 spiro atoms. The molecule has 2 aromatic rings. The maximum absolute atomic E-state index is 13.2. The third-order valence-corrected chi connectivity index (χ3v) is 6.77. The summed E-state index contributed by atoms with van der Waals surface area (Å²) in [6, 6.07) is 13.3. The number of hydrogen-bond donors (Lipinski definition) is 0. The molecule has 3 heteroatoms. The van der Waals surface area contributed by atoms with Gasteiger partial charge in [-0.05, 0) is 55.5 Å². The van der Waals surface area contributed by atoms with Crippen molar-refractivity contribution in [1.82, 2.24) is 0 Å². The molecule has 28 heavy (non-hydrogen) atoms. The first-order valence-electron chi connectivity index (χ1n) is 10.4. The van der Waals surface area contributed by atoms with Gasteiger partial charge in [-0.25, -0.2) is 4.39 Å². The van der Waals surface area contributed by atoms with E-state index in [4.69, 9.17) is 0 Å². The molecule has 0 aliphatic carbocycles. The lowest BCUT2D eigenvalue weighted by atomic mass is 9.81. The third kappa shape index (κ3) is 6.77. The second-order valence-electron chi connectivity index (χ2n) is 7.89. The topological polar surface area (TPSA) is 17.1 Å². The number of thioether (sulfide) groups is 1. The fourth-order valence-electron chi connectivity index (χ4n) is 3.51. The van der Waals surface area contributed by atoms with Crippen LogP contribution in [0.25, 0.3) is 0 Å². The first-order chi connectivity index (χ1) is 13.5. The van der Waals surface area contributed by atoms with Crippen LogP contribution in [0, 0.1) is 18.2 Å². The molecule has 2 rings (SSSR count). The van der Waals surface area contributed by atoms with Crippen molar-refractivity contribution in [3.05, 3.63) is 65.0 Å². The number of unbranched alkanes of at least 4 members (excludes halogenated alkanes) is 2. The second-order valence-corrected chi connectivity index (χ2v) is 8.91. The summed E-state index contributed by atoms with van der Waals surface area (Å²) in [4.78, 5) is 13.3. The fraction of sp³-hybridized carbons (Fsp3) is 0.480. The van der Waals surface area contributed by atoms with Gasteiger partial charge in [-0.1, -0.05) is 69.4 Å². The predicted octanol–water partition coefficient (Wildman–Crippen LogP) is 7.38. The first kappa shape index (κ1) is 22.7. The van der Waals surface area contributed by atoms with E-state index in [2.05, 4.69) is 39.0 Å². The summed E-state index contributed by atoms with van der Waals surface area (Å²) < 4.78 is 13.2. The second kappa shape index (κ2) is 11.4. The van der Waals surface area contributed by atoms with Gasteiger partial charge in [0.25, 0.3) is 0 Å². The lowest BCUT2D eigenvalue weighted by Crippen LogP contribution is -2.26. The Morgan fingerprint density at radius 3 is 2.21 bits per heavy atom. The van der Waals surface area contributed by atoms with Crippen molar-refractivity contribution in [2.24, 2.45) is 5.41 Å². The number of hydrogen-bond acceptors (Lipinski definition) is 2. The molecule has 0 fully saturated rings. The van der Waals surface area contributed by atoms with Crippen LogP contribution in [-0.4, -0.2) is 12.0 Å².